The zero-order valence-corrected chi connectivity index (χ0v) is 14.9. The standard InChI is InChI=1S/C20H19FN6/c1-27-10-11(8-24-27)20-14-7-17(23-9-18(14)25-26-20)19-13-3-2-4-16(22)12(13)5-6-15(19)21/h5-10,16H,2-4,22H2,1H3,(H,25,26). The van der Waals surface area contributed by atoms with Crippen molar-refractivity contribution in [3.63, 3.8) is 0 Å². The number of halogens is 1. The molecule has 0 radical (unpaired) electrons. The number of benzene rings is 1. The van der Waals surface area contributed by atoms with E-state index in [0.29, 0.717) is 11.3 Å². The summed E-state index contributed by atoms with van der Waals surface area (Å²) in [7, 11) is 1.86. The van der Waals surface area contributed by atoms with Crippen LogP contribution in [0.15, 0.2) is 36.8 Å². The summed E-state index contributed by atoms with van der Waals surface area (Å²) in [6, 6.07) is 5.18. The first-order chi connectivity index (χ1) is 13.1. The van der Waals surface area contributed by atoms with Crippen LogP contribution in [0.3, 0.4) is 0 Å². The van der Waals surface area contributed by atoms with Crippen LogP contribution in [0.4, 0.5) is 4.39 Å². The van der Waals surface area contributed by atoms with Crippen molar-refractivity contribution in [3.05, 3.63) is 53.7 Å². The van der Waals surface area contributed by atoms with E-state index in [2.05, 4.69) is 20.3 Å². The normalized spacial score (nSPS) is 16.6. The van der Waals surface area contributed by atoms with Gasteiger partial charge in [0.25, 0.3) is 0 Å². The minimum atomic E-state index is -0.263. The number of pyridine rings is 1. The summed E-state index contributed by atoms with van der Waals surface area (Å²) in [4.78, 5) is 4.51. The van der Waals surface area contributed by atoms with Gasteiger partial charge < -0.3 is 5.73 Å². The first kappa shape index (κ1) is 16.1. The van der Waals surface area contributed by atoms with Gasteiger partial charge >= 0.3 is 0 Å². The number of rotatable bonds is 2. The Hall–Kier alpha value is -3.06. The monoisotopic (exact) mass is 362 g/mol. The van der Waals surface area contributed by atoms with Crippen molar-refractivity contribution in [3.8, 4) is 22.5 Å². The minimum absolute atomic E-state index is 0.0447. The highest BCUT2D eigenvalue weighted by Gasteiger charge is 2.24. The van der Waals surface area contributed by atoms with Gasteiger partial charge in [0, 0.05) is 35.8 Å². The molecule has 4 aromatic rings. The van der Waals surface area contributed by atoms with Gasteiger partial charge in [-0.1, -0.05) is 6.07 Å². The Kier molecular flexibility index (Phi) is 3.58. The smallest absolute Gasteiger partial charge is 0.132 e. The third kappa shape index (κ3) is 2.54. The molecule has 1 aromatic carbocycles. The molecule has 1 unspecified atom stereocenters. The van der Waals surface area contributed by atoms with Crippen molar-refractivity contribution in [1.29, 1.82) is 0 Å². The Bertz CT molecular complexity index is 1160. The van der Waals surface area contributed by atoms with Crippen LogP contribution >= 0.6 is 0 Å². The minimum Gasteiger partial charge on any atom is -0.324 e. The number of nitrogens with one attached hydrogen (secondary N) is 1. The number of aromatic amines is 1. The molecule has 1 aliphatic carbocycles. The Morgan fingerprint density at radius 1 is 1.30 bits per heavy atom. The van der Waals surface area contributed by atoms with Crippen LogP contribution in [0.1, 0.15) is 30.0 Å². The van der Waals surface area contributed by atoms with Crippen molar-refractivity contribution in [2.75, 3.05) is 0 Å². The van der Waals surface area contributed by atoms with Gasteiger partial charge in [0.2, 0.25) is 0 Å². The van der Waals surface area contributed by atoms with Crippen LogP contribution in [-0.4, -0.2) is 25.0 Å². The van der Waals surface area contributed by atoms with Crippen molar-refractivity contribution < 1.29 is 4.39 Å². The van der Waals surface area contributed by atoms with E-state index in [4.69, 9.17) is 5.73 Å². The molecular weight excluding hydrogens is 343 g/mol. The lowest BCUT2D eigenvalue weighted by atomic mass is 9.84. The number of hydrogen-bond donors (Lipinski definition) is 2. The van der Waals surface area contributed by atoms with E-state index in [1.54, 1.807) is 17.1 Å². The van der Waals surface area contributed by atoms with Crippen molar-refractivity contribution >= 4 is 10.9 Å². The van der Waals surface area contributed by atoms with Crippen molar-refractivity contribution in [2.24, 2.45) is 12.8 Å². The maximum Gasteiger partial charge on any atom is 0.132 e. The topological polar surface area (TPSA) is 85.4 Å². The maximum absolute atomic E-state index is 14.8. The number of hydrogen-bond acceptors (Lipinski definition) is 4. The van der Waals surface area contributed by atoms with E-state index in [1.807, 2.05) is 25.4 Å². The number of aryl methyl sites for hydroxylation is 1. The molecule has 0 saturated heterocycles. The number of nitrogens with zero attached hydrogens (tertiary/aromatic N) is 4. The molecule has 136 valence electrons. The van der Waals surface area contributed by atoms with Gasteiger partial charge in [-0.15, -0.1) is 0 Å². The van der Waals surface area contributed by atoms with Gasteiger partial charge in [0.1, 0.15) is 11.5 Å². The average molecular weight is 362 g/mol. The largest absolute Gasteiger partial charge is 0.324 e. The molecule has 6 nitrogen and oxygen atoms in total. The zero-order chi connectivity index (χ0) is 18.5. The Labute approximate surface area is 155 Å². The number of fused-ring (bicyclic) bond motifs is 2. The predicted octanol–water partition coefficient (Wildman–Crippen LogP) is 3.50. The molecular formula is C20H19FN6. The average Bonchev–Trinajstić information content (AvgIpc) is 3.27. The molecule has 0 amide bonds. The lowest BCUT2D eigenvalue weighted by molar-refractivity contribution is 0.562. The summed E-state index contributed by atoms with van der Waals surface area (Å²) in [6.45, 7) is 0. The Morgan fingerprint density at radius 2 is 2.19 bits per heavy atom. The molecule has 1 atom stereocenters. The molecule has 3 aromatic heterocycles. The van der Waals surface area contributed by atoms with Gasteiger partial charge in [-0.2, -0.15) is 10.2 Å². The second kappa shape index (κ2) is 5.99. The lowest BCUT2D eigenvalue weighted by Crippen LogP contribution is -2.18. The molecule has 3 heterocycles. The lowest BCUT2D eigenvalue weighted by Gasteiger charge is -2.24. The first-order valence-electron chi connectivity index (χ1n) is 9.02. The van der Waals surface area contributed by atoms with Gasteiger partial charge in [-0.05, 0) is 42.5 Å². The number of aromatic nitrogens is 5. The van der Waals surface area contributed by atoms with E-state index in [1.165, 1.54) is 6.07 Å². The highest BCUT2D eigenvalue weighted by molar-refractivity contribution is 5.94. The van der Waals surface area contributed by atoms with Crippen LogP contribution in [0, 0.1) is 5.82 Å². The summed E-state index contributed by atoms with van der Waals surface area (Å²) in [5.41, 5.74) is 11.9. The van der Waals surface area contributed by atoms with Crippen LogP contribution in [0.2, 0.25) is 0 Å². The molecule has 0 saturated carbocycles. The SMILES string of the molecule is Cn1cc(-c2n[nH]c3cnc(-c4c(F)ccc5c4CCCC5N)cc23)cn1. The van der Waals surface area contributed by atoms with Crippen LogP contribution in [0.5, 0.6) is 0 Å². The molecule has 0 fully saturated rings. The molecule has 7 heteroatoms. The number of H-pyrrole nitrogens is 1. The third-order valence-electron chi connectivity index (χ3n) is 5.32. The summed E-state index contributed by atoms with van der Waals surface area (Å²) in [5.74, 6) is -0.263. The molecule has 0 spiro atoms. The highest BCUT2D eigenvalue weighted by atomic mass is 19.1. The second-order valence-corrected chi connectivity index (χ2v) is 7.08. The first-order valence-corrected chi connectivity index (χ1v) is 9.02. The Balaban J connectivity index is 1.72. The van der Waals surface area contributed by atoms with Gasteiger partial charge in [0.15, 0.2) is 0 Å². The van der Waals surface area contributed by atoms with Crippen LogP contribution in [-0.2, 0) is 13.5 Å². The predicted molar refractivity (Wildman–Crippen MR) is 101 cm³/mol. The zero-order valence-electron chi connectivity index (χ0n) is 14.9. The van der Waals surface area contributed by atoms with Gasteiger partial charge in [0.05, 0.1) is 23.6 Å². The van der Waals surface area contributed by atoms with Crippen LogP contribution in [0.25, 0.3) is 33.4 Å². The molecule has 0 aliphatic heterocycles. The molecule has 3 N–H and O–H groups in total. The van der Waals surface area contributed by atoms with Crippen LogP contribution < -0.4 is 5.73 Å². The quantitative estimate of drug-likeness (QED) is 0.571. The molecule has 5 rings (SSSR count). The molecule has 0 bridgehead atoms. The van der Waals surface area contributed by atoms with Gasteiger partial charge in [-0.25, -0.2) is 4.39 Å². The Morgan fingerprint density at radius 3 is 3.00 bits per heavy atom. The van der Waals surface area contributed by atoms with E-state index in [-0.39, 0.29) is 11.9 Å². The summed E-state index contributed by atoms with van der Waals surface area (Å²) < 4.78 is 16.6. The second-order valence-electron chi connectivity index (χ2n) is 7.08. The fraction of sp³-hybridized carbons (Fsp3) is 0.250. The van der Waals surface area contributed by atoms with E-state index < -0.39 is 0 Å². The fourth-order valence-electron chi connectivity index (χ4n) is 4.00. The van der Waals surface area contributed by atoms with E-state index in [0.717, 1.165) is 52.5 Å². The van der Waals surface area contributed by atoms with Crippen molar-refractivity contribution in [2.45, 2.75) is 25.3 Å². The number of nitrogens with two attached hydrogens (primary N) is 1. The highest BCUT2D eigenvalue weighted by Crippen LogP contribution is 2.37. The fourth-order valence-corrected chi connectivity index (χ4v) is 4.00. The molecule has 27 heavy (non-hydrogen) atoms. The van der Waals surface area contributed by atoms with Gasteiger partial charge in [-0.3, -0.25) is 14.8 Å². The summed E-state index contributed by atoms with van der Waals surface area (Å²) in [6.07, 6.45) is 8.08. The maximum atomic E-state index is 14.8. The van der Waals surface area contributed by atoms with E-state index >= 15 is 0 Å². The van der Waals surface area contributed by atoms with Crippen molar-refractivity contribution in [1.82, 2.24) is 25.0 Å². The summed E-state index contributed by atoms with van der Waals surface area (Å²) >= 11 is 0. The summed E-state index contributed by atoms with van der Waals surface area (Å²) in [5, 5.41) is 12.5. The molecule has 1 aliphatic rings. The van der Waals surface area contributed by atoms with E-state index in [9.17, 15) is 4.39 Å². The third-order valence-corrected chi connectivity index (χ3v) is 5.32.